The first kappa shape index (κ1) is 31.2. The number of aromatic amines is 1. The van der Waals surface area contributed by atoms with Crippen LogP contribution in [-0.2, 0) is 22.6 Å². The number of hydrogen-bond acceptors (Lipinski definition) is 4. The van der Waals surface area contributed by atoms with Crippen LogP contribution in [0.2, 0.25) is 0 Å². The maximum Gasteiger partial charge on any atom is 0.225 e. The highest BCUT2D eigenvalue weighted by atomic mass is 16.5. The summed E-state index contributed by atoms with van der Waals surface area (Å²) in [5.41, 5.74) is 5.25. The Balaban J connectivity index is 1.35. The number of nitrogens with zero attached hydrogens (tertiary/aromatic N) is 3. The van der Waals surface area contributed by atoms with E-state index in [1.165, 1.54) is 6.42 Å². The fraction of sp³-hybridized carbons (Fsp3) is 0.444. The zero-order valence-electron chi connectivity index (χ0n) is 26.4. The van der Waals surface area contributed by atoms with Gasteiger partial charge in [-0.05, 0) is 49.1 Å². The van der Waals surface area contributed by atoms with Crippen LogP contribution in [0.25, 0.3) is 22.2 Å². The molecule has 1 aliphatic rings. The van der Waals surface area contributed by atoms with Crippen molar-refractivity contribution in [3.63, 3.8) is 0 Å². The fourth-order valence-electron chi connectivity index (χ4n) is 6.25. The topological polar surface area (TPSA) is 92.0 Å². The first-order chi connectivity index (χ1) is 21.5. The van der Waals surface area contributed by atoms with Crippen LogP contribution in [0.1, 0.15) is 81.4 Å². The molecule has 0 saturated carbocycles. The molecule has 0 spiro atoms. The van der Waals surface area contributed by atoms with E-state index in [-0.39, 0.29) is 18.4 Å². The number of amides is 1. The van der Waals surface area contributed by atoms with E-state index in [1.54, 1.807) is 7.11 Å². The lowest BCUT2D eigenvalue weighted by Gasteiger charge is -2.17. The van der Waals surface area contributed by atoms with Crippen LogP contribution < -0.4 is 10.1 Å². The van der Waals surface area contributed by atoms with Gasteiger partial charge in [0.25, 0.3) is 0 Å². The quantitative estimate of drug-likeness (QED) is 0.113. The van der Waals surface area contributed by atoms with Crippen LogP contribution in [0.4, 0.5) is 0 Å². The molecule has 232 valence electrons. The van der Waals surface area contributed by atoms with Gasteiger partial charge in [0, 0.05) is 42.3 Å². The summed E-state index contributed by atoms with van der Waals surface area (Å²) in [6.07, 6.45) is 11.4. The van der Waals surface area contributed by atoms with Crippen molar-refractivity contribution >= 4 is 28.8 Å². The van der Waals surface area contributed by atoms with E-state index in [2.05, 4.69) is 44.7 Å². The molecule has 0 radical (unpaired) electrons. The van der Waals surface area contributed by atoms with Crippen molar-refractivity contribution in [1.82, 2.24) is 19.9 Å². The second-order valence-corrected chi connectivity index (χ2v) is 11.8. The number of nitrogens with one attached hydrogen (secondary N) is 2. The molecule has 2 N–H and O–H groups in total. The van der Waals surface area contributed by atoms with E-state index in [4.69, 9.17) is 9.72 Å². The first-order valence-corrected chi connectivity index (χ1v) is 16.1. The number of fused-ring (bicyclic) bond motifs is 1. The number of carbonyl (C=O) groups is 2. The van der Waals surface area contributed by atoms with Crippen molar-refractivity contribution < 1.29 is 18.9 Å². The van der Waals surface area contributed by atoms with Crippen molar-refractivity contribution in [2.24, 2.45) is 0 Å². The van der Waals surface area contributed by atoms with Gasteiger partial charge in [0.15, 0.2) is 6.54 Å². The van der Waals surface area contributed by atoms with Gasteiger partial charge in [-0.25, -0.2) is 9.56 Å². The average Bonchev–Trinajstić information content (AvgIpc) is 3.80. The minimum Gasteiger partial charge on any atom is -0.497 e. The SMILES string of the molecule is CCC(=O)CCCCC[C@H](NC(=O)Cc1c(C)n(CC[N+]2=CCCC2)c2ccc(OC)cc12)c1ncc(-c2ccccc2)[nH]1. The maximum absolute atomic E-state index is 13.8. The van der Waals surface area contributed by atoms with Crippen LogP contribution in [0.5, 0.6) is 5.75 Å². The lowest BCUT2D eigenvalue weighted by atomic mass is 10.0. The molecule has 2 aromatic heterocycles. The molecule has 2 aromatic carbocycles. The fourth-order valence-corrected chi connectivity index (χ4v) is 6.25. The molecular formula is C36H46N5O3+. The molecule has 44 heavy (non-hydrogen) atoms. The Bertz CT molecular complexity index is 1600. The monoisotopic (exact) mass is 596 g/mol. The van der Waals surface area contributed by atoms with E-state index >= 15 is 0 Å². The van der Waals surface area contributed by atoms with Gasteiger partial charge in [-0.3, -0.25) is 9.59 Å². The second-order valence-electron chi connectivity index (χ2n) is 11.8. The zero-order valence-corrected chi connectivity index (χ0v) is 26.4. The van der Waals surface area contributed by atoms with Crippen LogP contribution in [-0.4, -0.2) is 57.2 Å². The summed E-state index contributed by atoms with van der Waals surface area (Å²) in [6.45, 7) is 6.96. The molecule has 1 amide bonds. The van der Waals surface area contributed by atoms with Gasteiger partial charge in [0.05, 0.1) is 38.0 Å². The molecule has 5 rings (SSSR count). The van der Waals surface area contributed by atoms with Crippen LogP contribution in [0.15, 0.2) is 54.7 Å². The molecule has 8 nitrogen and oxygen atoms in total. The number of unbranched alkanes of at least 4 members (excludes halogenated alkanes) is 2. The second kappa shape index (κ2) is 15.0. The minimum absolute atomic E-state index is 0.0355. The summed E-state index contributed by atoms with van der Waals surface area (Å²) in [7, 11) is 1.68. The number of benzene rings is 2. The van der Waals surface area contributed by atoms with Gasteiger partial charge in [-0.2, -0.15) is 0 Å². The van der Waals surface area contributed by atoms with Crippen molar-refractivity contribution in [1.29, 1.82) is 0 Å². The lowest BCUT2D eigenvalue weighted by molar-refractivity contribution is -0.517. The third-order valence-corrected chi connectivity index (χ3v) is 8.83. The highest BCUT2D eigenvalue weighted by molar-refractivity contribution is 5.91. The molecule has 0 bridgehead atoms. The number of H-pyrrole nitrogens is 1. The van der Waals surface area contributed by atoms with Gasteiger partial charge in [0.2, 0.25) is 5.91 Å². The Hall–Kier alpha value is -4.20. The summed E-state index contributed by atoms with van der Waals surface area (Å²) >= 11 is 0. The molecule has 0 aliphatic carbocycles. The molecule has 1 aliphatic heterocycles. The van der Waals surface area contributed by atoms with Crippen molar-refractivity contribution in [2.75, 3.05) is 20.2 Å². The number of methoxy groups -OCH3 is 1. The van der Waals surface area contributed by atoms with Crippen molar-refractivity contribution in [3.8, 4) is 17.0 Å². The van der Waals surface area contributed by atoms with Gasteiger partial charge in [-0.1, -0.05) is 50.1 Å². The summed E-state index contributed by atoms with van der Waals surface area (Å²) in [4.78, 5) is 33.7. The van der Waals surface area contributed by atoms with Crippen molar-refractivity contribution in [2.45, 2.75) is 84.2 Å². The number of hydrogen-bond donors (Lipinski definition) is 2. The molecule has 4 aromatic rings. The minimum atomic E-state index is -0.254. The Morgan fingerprint density at radius 3 is 2.73 bits per heavy atom. The molecule has 8 heteroatoms. The Morgan fingerprint density at radius 2 is 1.98 bits per heavy atom. The smallest absolute Gasteiger partial charge is 0.225 e. The van der Waals surface area contributed by atoms with Crippen LogP contribution >= 0.6 is 0 Å². The van der Waals surface area contributed by atoms with Gasteiger partial charge in [0.1, 0.15) is 30.1 Å². The van der Waals surface area contributed by atoms with Gasteiger partial charge < -0.3 is 19.6 Å². The van der Waals surface area contributed by atoms with Gasteiger partial charge in [-0.15, -0.1) is 0 Å². The normalized spacial score (nSPS) is 13.7. The van der Waals surface area contributed by atoms with Crippen LogP contribution in [0, 0.1) is 6.92 Å². The Morgan fingerprint density at radius 1 is 1.14 bits per heavy atom. The predicted molar refractivity (Wildman–Crippen MR) is 176 cm³/mol. The Kier molecular flexibility index (Phi) is 10.6. The number of ether oxygens (including phenoxy) is 1. The van der Waals surface area contributed by atoms with E-state index in [0.717, 1.165) is 96.7 Å². The lowest BCUT2D eigenvalue weighted by Crippen LogP contribution is -2.30. The standard InChI is InChI=1S/C36H45N5O3/c1-4-28(42)15-9-6-10-16-32(36-37-25-33(39-36)27-13-7-5-8-14-27)38-35(43)24-30-26(2)41(22-21-40-19-11-12-20-40)34-18-17-29(44-3)23-31(30)34/h5,7-8,13-14,17-19,23,25,32H,4,6,9-12,15-16,20-22,24H2,1-3H3,(H-,37,38,39,43)/p+1/t32-/m0/s1. The number of carbonyl (C=O) groups excluding carboxylic acids is 2. The summed E-state index contributed by atoms with van der Waals surface area (Å²) in [5.74, 6) is 1.81. The average molecular weight is 597 g/mol. The van der Waals surface area contributed by atoms with Gasteiger partial charge >= 0.3 is 0 Å². The third kappa shape index (κ3) is 7.65. The van der Waals surface area contributed by atoms with E-state index in [9.17, 15) is 9.59 Å². The molecule has 3 heterocycles. The molecule has 1 atom stereocenters. The third-order valence-electron chi connectivity index (χ3n) is 8.83. The Labute approximate surface area is 260 Å². The van der Waals surface area contributed by atoms with E-state index in [1.807, 2.05) is 49.5 Å². The summed E-state index contributed by atoms with van der Waals surface area (Å²) < 4.78 is 10.3. The highest BCUT2D eigenvalue weighted by Gasteiger charge is 2.23. The zero-order chi connectivity index (χ0) is 30.9. The van der Waals surface area contributed by atoms with Crippen molar-refractivity contribution in [3.05, 3.63) is 71.8 Å². The number of aromatic nitrogens is 3. The molecular weight excluding hydrogens is 550 g/mol. The predicted octanol–water partition coefficient (Wildman–Crippen LogP) is 6.56. The number of ketones is 1. The molecule has 0 saturated heterocycles. The molecule has 0 unspecified atom stereocenters. The maximum atomic E-state index is 13.8. The number of rotatable bonds is 16. The van der Waals surface area contributed by atoms with E-state index < -0.39 is 0 Å². The highest BCUT2D eigenvalue weighted by Crippen LogP contribution is 2.30. The van der Waals surface area contributed by atoms with Crippen LogP contribution in [0.3, 0.4) is 0 Å². The summed E-state index contributed by atoms with van der Waals surface area (Å²) in [6, 6.07) is 16.0. The summed E-state index contributed by atoms with van der Waals surface area (Å²) in [5, 5.41) is 4.37. The number of Topliss-reactive ketones (excluding diaryl/α,β-unsaturated/α-hetero) is 1. The first-order valence-electron chi connectivity index (χ1n) is 16.1. The molecule has 0 fully saturated rings. The van der Waals surface area contributed by atoms with E-state index in [0.29, 0.717) is 18.6 Å². The number of imidazole rings is 1. The largest absolute Gasteiger partial charge is 0.497 e.